The summed E-state index contributed by atoms with van der Waals surface area (Å²) in [6, 6.07) is 36.4. The molecule has 4 atom stereocenters. The number of aromatic hydroxyl groups is 1. The minimum atomic E-state index is -0.445. The molecule has 2 saturated heterocycles. The van der Waals surface area contributed by atoms with Gasteiger partial charge in [0.15, 0.2) is 0 Å². The van der Waals surface area contributed by atoms with Crippen LogP contribution in [-0.2, 0) is 14.3 Å². The second kappa shape index (κ2) is 12.6. The van der Waals surface area contributed by atoms with Crippen LogP contribution in [0.3, 0.4) is 0 Å². The van der Waals surface area contributed by atoms with E-state index in [4.69, 9.17) is 9.47 Å². The number of carbonyl (C=O) groups is 2. The fourth-order valence-corrected chi connectivity index (χ4v) is 7.13. The zero-order valence-electron chi connectivity index (χ0n) is 24.9. The third kappa shape index (κ3) is 5.81. The van der Waals surface area contributed by atoms with Gasteiger partial charge in [0, 0.05) is 5.92 Å². The molecule has 7 rings (SSSR count). The number of anilines is 1. The molecule has 0 aromatic heterocycles. The molecule has 4 aromatic rings. The lowest BCUT2D eigenvalue weighted by Crippen LogP contribution is -2.35. The van der Waals surface area contributed by atoms with E-state index in [2.05, 4.69) is 18.2 Å². The minimum Gasteiger partial charge on any atom is -0.508 e. The summed E-state index contributed by atoms with van der Waals surface area (Å²) in [6.45, 7) is 0.751. The Morgan fingerprint density at radius 1 is 0.822 bits per heavy atom. The quantitative estimate of drug-likeness (QED) is 0.124. The number of benzene rings is 4. The highest BCUT2D eigenvalue weighted by Gasteiger charge is 2.57. The predicted octanol–water partition coefficient (Wildman–Crippen LogP) is 7.31. The highest BCUT2D eigenvalue weighted by atomic mass is 16.5. The Balaban J connectivity index is 1.20. The van der Waals surface area contributed by atoms with Crippen LogP contribution in [0.5, 0.6) is 11.5 Å². The first-order chi connectivity index (χ1) is 22.1. The second-order valence-electron chi connectivity index (χ2n) is 11.9. The number of para-hydroxylation sites is 2. The molecule has 6 heteroatoms. The maximum atomic E-state index is 13.9. The van der Waals surface area contributed by atoms with Gasteiger partial charge in [-0.05, 0) is 83.5 Å². The molecular formula is C39H35NO5. The molecule has 1 N–H and O–H groups in total. The highest BCUT2D eigenvalue weighted by Crippen LogP contribution is 2.50. The van der Waals surface area contributed by atoms with Crippen LogP contribution in [0.25, 0.3) is 11.6 Å². The summed E-state index contributed by atoms with van der Waals surface area (Å²) in [4.78, 5) is 29.1. The van der Waals surface area contributed by atoms with Gasteiger partial charge in [-0.3, -0.25) is 14.5 Å². The second-order valence-corrected chi connectivity index (χ2v) is 11.9. The Bertz CT molecular complexity index is 1730. The van der Waals surface area contributed by atoms with Crippen molar-refractivity contribution in [2.75, 3.05) is 18.1 Å². The summed E-state index contributed by atoms with van der Waals surface area (Å²) in [5.41, 5.74) is 6.10. The fourth-order valence-electron chi connectivity index (χ4n) is 7.13. The first kappa shape index (κ1) is 28.8. The molecule has 0 bridgehead atoms. The van der Waals surface area contributed by atoms with Crippen LogP contribution in [-0.4, -0.2) is 36.2 Å². The van der Waals surface area contributed by atoms with E-state index in [9.17, 15) is 14.7 Å². The van der Waals surface area contributed by atoms with Gasteiger partial charge in [0.05, 0.1) is 30.2 Å². The van der Waals surface area contributed by atoms with Crippen molar-refractivity contribution in [1.82, 2.24) is 0 Å². The van der Waals surface area contributed by atoms with Gasteiger partial charge in [0.2, 0.25) is 11.8 Å². The van der Waals surface area contributed by atoms with Crippen LogP contribution in [0.2, 0.25) is 0 Å². The van der Waals surface area contributed by atoms with Crippen molar-refractivity contribution in [1.29, 1.82) is 0 Å². The van der Waals surface area contributed by atoms with E-state index in [1.807, 2.05) is 91.0 Å². The van der Waals surface area contributed by atoms with E-state index in [1.54, 1.807) is 12.1 Å². The van der Waals surface area contributed by atoms with Crippen molar-refractivity contribution >= 4 is 29.2 Å². The molecule has 2 amide bonds. The molecule has 0 radical (unpaired) electrons. The molecule has 0 saturated carbocycles. The van der Waals surface area contributed by atoms with Crippen molar-refractivity contribution < 1.29 is 24.2 Å². The molecule has 6 nitrogen and oxygen atoms in total. The van der Waals surface area contributed by atoms with Crippen LogP contribution in [0.1, 0.15) is 30.4 Å². The van der Waals surface area contributed by atoms with E-state index in [0.717, 1.165) is 46.4 Å². The van der Waals surface area contributed by atoms with Gasteiger partial charge >= 0.3 is 0 Å². The number of carbonyl (C=O) groups excluding carboxylic acids is 2. The Labute approximate surface area is 263 Å². The topological polar surface area (TPSA) is 76.1 Å². The van der Waals surface area contributed by atoms with E-state index in [-0.39, 0.29) is 29.6 Å². The van der Waals surface area contributed by atoms with E-state index < -0.39 is 11.8 Å². The molecule has 45 heavy (non-hydrogen) atoms. The predicted molar refractivity (Wildman–Crippen MR) is 174 cm³/mol. The Morgan fingerprint density at radius 3 is 2.20 bits per heavy atom. The van der Waals surface area contributed by atoms with E-state index in [1.165, 1.54) is 4.90 Å². The number of phenols is 1. The van der Waals surface area contributed by atoms with Gasteiger partial charge in [0.25, 0.3) is 0 Å². The lowest BCUT2D eigenvalue weighted by Gasteiger charge is -2.31. The highest BCUT2D eigenvalue weighted by molar-refractivity contribution is 6.22. The SMILES string of the molecule is O=C1[C@@H]2[C@@H](CC(COc3ccccc3)=C3[C@@H](CC/C(=C/c4ccc(O)cc4)c4ccccc4)OC[C@@H]32)C(=O)N1c1ccccc1. The van der Waals surface area contributed by atoms with Crippen LogP contribution in [0.15, 0.2) is 126 Å². The number of phenolic OH excluding ortho intramolecular Hbond substituents is 1. The average molecular weight is 598 g/mol. The standard InChI is InChI=1S/C39H35NO5/c41-31-19-16-26(17-20-31)22-28(27-10-4-1-5-11-27)18-21-35-36-29(24-44-32-14-8-3-9-15-32)23-33-37(34(36)25-45-35)39(43)40(38(33)42)30-12-6-2-7-13-30/h1-17,19-20,22,33-35,37,41H,18,21,23-25H2/b28-22-/t33-,34+,35-,37-/m1/s1. The summed E-state index contributed by atoms with van der Waals surface area (Å²) in [5, 5.41) is 9.79. The fraction of sp³-hybridized carbons (Fsp3) is 0.231. The Hall–Kier alpha value is -4.94. The van der Waals surface area contributed by atoms with Crippen molar-refractivity contribution in [2.45, 2.75) is 25.4 Å². The first-order valence-electron chi connectivity index (χ1n) is 15.6. The first-order valence-corrected chi connectivity index (χ1v) is 15.6. The summed E-state index contributed by atoms with van der Waals surface area (Å²) in [6.07, 6.45) is 3.91. The molecule has 3 aliphatic rings. The molecule has 1 aliphatic carbocycles. The largest absolute Gasteiger partial charge is 0.508 e. The molecule has 2 heterocycles. The number of hydrogen-bond donors (Lipinski definition) is 1. The van der Waals surface area contributed by atoms with Gasteiger partial charge in [0.1, 0.15) is 18.1 Å². The Kier molecular flexibility index (Phi) is 8.05. The number of fused-ring (bicyclic) bond motifs is 3. The molecule has 0 unspecified atom stereocenters. The summed E-state index contributed by atoms with van der Waals surface area (Å²) in [5.74, 6) is -0.325. The third-order valence-electron chi connectivity index (χ3n) is 9.23. The maximum absolute atomic E-state index is 13.9. The molecule has 226 valence electrons. The van der Waals surface area contributed by atoms with Gasteiger partial charge in [-0.1, -0.05) is 84.9 Å². The van der Waals surface area contributed by atoms with Crippen molar-refractivity contribution in [3.8, 4) is 11.5 Å². The monoisotopic (exact) mass is 597 g/mol. The van der Waals surface area contributed by atoms with E-state index >= 15 is 0 Å². The smallest absolute Gasteiger partial charge is 0.238 e. The van der Waals surface area contributed by atoms with Crippen molar-refractivity contribution in [3.63, 3.8) is 0 Å². The number of hydrogen-bond acceptors (Lipinski definition) is 5. The normalized spacial score (nSPS) is 22.8. The molecular weight excluding hydrogens is 562 g/mol. The zero-order chi connectivity index (χ0) is 30.8. The van der Waals surface area contributed by atoms with Gasteiger partial charge in [-0.2, -0.15) is 0 Å². The summed E-state index contributed by atoms with van der Waals surface area (Å²) < 4.78 is 12.8. The number of nitrogens with zero attached hydrogens (tertiary/aromatic N) is 1. The van der Waals surface area contributed by atoms with Crippen LogP contribution in [0.4, 0.5) is 5.69 Å². The number of amides is 2. The lowest BCUT2D eigenvalue weighted by atomic mass is 9.69. The van der Waals surface area contributed by atoms with Crippen LogP contribution < -0.4 is 9.64 Å². The molecule has 0 spiro atoms. The van der Waals surface area contributed by atoms with Gasteiger partial charge < -0.3 is 14.6 Å². The number of allylic oxidation sites excluding steroid dienone is 1. The number of imide groups is 1. The molecule has 2 aliphatic heterocycles. The average Bonchev–Trinajstić information content (AvgIpc) is 3.61. The van der Waals surface area contributed by atoms with Crippen LogP contribution in [0, 0.1) is 17.8 Å². The minimum absolute atomic E-state index is 0.136. The van der Waals surface area contributed by atoms with Crippen LogP contribution >= 0.6 is 0 Å². The van der Waals surface area contributed by atoms with E-state index in [0.29, 0.717) is 25.3 Å². The number of rotatable bonds is 9. The lowest BCUT2D eigenvalue weighted by molar-refractivity contribution is -0.122. The number of ether oxygens (including phenoxy) is 2. The Morgan fingerprint density at radius 2 is 1.49 bits per heavy atom. The van der Waals surface area contributed by atoms with Gasteiger partial charge in [-0.25, -0.2) is 0 Å². The van der Waals surface area contributed by atoms with Gasteiger partial charge in [-0.15, -0.1) is 0 Å². The molecule has 2 fully saturated rings. The summed E-state index contributed by atoms with van der Waals surface area (Å²) in [7, 11) is 0. The van der Waals surface area contributed by atoms with Crippen molar-refractivity contribution in [2.24, 2.45) is 17.8 Å². The maximum Gasteiger partial charge on any atom is 0.238 e. The third-order valence-corrected chi connectivity index (χ3v) is 9.23. The zero-order valence-corrected chi connectivity index (χ0v) is 24.9. The molecule has 4 aromatic carbocycles. The summed E-state index contributed by atoms with van der Waals surface area (Å²) >= 11 is 0. The van der Waals surface area contributed by atoms with Crippen molar-refractivity contribution in [3.05, 3.63) is 138 Å².